The number of hydrogen-bond donors (Lipinski definition) is 3. The Morgan fingerprint density at radius 1 is 2.11 bits per heavy atom. The van der Waals surface area contributed by atoms with E-state index in [9.17, 15) is 4.79 Å². The number of thiol groups is 1. The molecule has 0 fully saturated rings. The molecule has 0 amide bonds. The molecule has 9 heavy (non-hydrogen) atoms. The topological polar surface area (TPSA) is 63.3 Å². The molecule has 0 rings (SSSR count). The normalized spacial score (nSPS) is 18.2. The van der Waals surface area contributed by atoms with Crippen LogP contribution in [-0.4, -0.2) is 22.4 Å². The van der Waals surface area contributed by atoms with Gasteiger partial charge in [-0.25, -0.2) is 0 Å². The molecule has 0 radical (unpaired) electrons. The van der Waals surface area contributed by atoms with Gasteiger partial charge in [0.15, 0.2) is 0 Å². The molecule has 0 aromatic carbocycles. The van der Waals surface area contributed by atoms with E-state index >= 15 is 0 Å². The maximum atomic E-state index is 10.4. The van der Waals surface area contributed by atoms with Gasteiger partial charge in [-0.2, -0.15) is 12.6 Å². The number of carboxylic acid groups (broad SMARTS) is 1. The second-order valence-corrected chi connectivity index (χ2v) is 2.38. The van der Waals surface area contributed by atoms with E-state index in [1.807, 2.05) is 0 Å². The van der Waals surface area contributed by atoms with Crippen molar-refractivity contribution < 1.29 is 11.3 Å². The highest BCUT2D eigenvalue weighted by Gasteiger charge is 2.26. The Bertz CT molecular complexity index is 133. The van der Waals surface area contributed by atoms with Gasteiger partial charge in [-0.15, -0.1) is 0 Å². The molecule has 0 heterocycles. The molecule has 54 valence electrons. The van der Waals surface area contributed by atoms with Gasteiger partial charge in [-0.3, -0.25) is 4.79 Å². The van der Waals surface area contributed by atoms with Gasteiger partial charge in [-0.1, -0.05) is 0 Å². The maximum Gasteiger partial charge on any atom is 0.323 e. The molecule has 0 saturated carbocycles. The van der Waals surface area contributed by atoms with Crippen LogP contribution in [0.4, 0.5) is 0 Å². The number of aliphatic carboxylic acids is 1. The van der Waals surface area contributed by atoms with Gasteiger partial charge >= 0.3 is 5.97 Å². The van der Waals surface area contributed by atoms with Gasteiger partial charge in [0, 0.05) is 1.37 Å². The number of carbonyl (C=O) groups is 1. The summed E-state index contributed by atoms with van der Waals surface area (Å²) >= 11 is 3.84. The van der Waals surface area contributed by atoms with Gasteiger partial charge in [0.25, 0.3) is 0 Å². The summed E-state index contributed by atoms with van der Waals surface area (Å²) in [6.07, 6.45) is 0.231. The van der Waals surface area contributed by atoms with Crippen molar-refractivity contribution in [2.24, 2.45) is 5.73 Å². The molecule has 0 aliphatic carbocycles. The van der Waals surface area contributed by atoms with Crippen LogP contribution in [0, 0.1) is 0 Å². The van der Waals surface area contributed by atoms with E-state index in [-0.39, 0.29) is 13.3 Å². The van der Waals surface area contributed by atoms with E-state index in [4.69, 9.17) is 12.2 Å². The van der Waals surface area contributed by atoms with Crippen LogP contribution in [0.25, 0.3) is 0 Å². The third-order valence-corrected chi connectivity index (χ3v) is 1.21. The van der Waals surface area contributed by atoms with Gasteiger partial charge in [-0.05, 0) is 19.1 Å². The Labute approximate surface area is 61.1 Å². The molecule has 0 aromatic rings. The molecule has 0 saturated heterocycles. The lowest BCUT2D eigenvalue weighted by Gasteiger charge is -2.16. The molecular formula is C5H11NO2S. The van der Waals surface area contributed by atoms with Crippen molar-refractivity contribution in [1.82, 2.24) is 0 Å². The van der Waals surface area contributed by atoms with Crippen LogP contribution in [-0.2, 0) is 4.79 Å². The monoisotopic (exact) mass is 150 g/mol. The van der Waals surface area contributed by atoms with Gasteiger partial charge < -0.3 is 10.8 Å². The zero-order valence-corrected chi connectivity index (χ0v) is 5.90. The number of rotatable bonds is 3. The molecule has 0 unspecified atom stereocenters. The lowest BCUT2D eigenvalue weighted by molar-refractivity contribution is -0.142. The SMILES string of the molecule is [2H]C[C@](N)(CCS)C(=O)O. The summed E-state index contributed by atoms with van der Waals surface area (Å²) in [6, 6.07) is 0. The standard InChI is InChI=1S/C5H11NO2S/c1-5(6,2-3-9)4(7)8/h9H,2-3,6H2,1H3,(H,7,8)/t5-/m0/s1/i1D. The molecule has 0 spiro atoms. The van der Waals surface area contributed by atoms with Crippen molar-refractivity contribution in [3.05, 3.63) is 0 Å². The van der Waals surface area contributed by atoms with Crippen molar-refractivity contribution in [2.45, 2.75) is 18.9 Å². The first-order chi connectivity index (χ1) is 4.56. The fraction of sp³-hybridized carbons (Fsp3) is 0.800. The highest BCUT2D eigenvalue weighted by atomic mass is 32.1. The Hall–Kier alpha value is -0.220. The van der Waals surface area contributed by atoms with Crippen LogP contribution in [0.3, 0.4) is 0 Å². The van der Waals surface area contributed by atoms with Crippen molar-refractivity contribution in [2.75, 3.05) is 5.75 Å². The number of carboxylic acids is 1. The van der Waals surface area contributed by atoms with Crippen LogP contribution in [0.15, 0.2) is 0 Å². The van der Waals surface area contributed by atoms with E-state index in [0.29, 0.717) is 5.75 Å². The fourth-order valence-electron chi connectivity index (χ4n) is 0.306. The Morgan fingerprint density at radius 3 is 2.78 bits per heavy atom. The average Bonchev–Trinajstić information content (AvgIpc) is 1.88. The first kappa shape index (κ1) is 6.89. The minimum Gasteiger partial charge on any atom is -0.480 e. The minimum absolute atomic E-state index is 0.231. The van der Waals surface area contributed by atoms with E-state index in [1.54, 1.807) is 0 Å². The molecular weight excluding hydrogens is 138 g/mol. The van der Waals surface area contributed by atoms with Crippen molar-refractivity contribution in [3.63, 3.8) is 0 Å². The first-order valence-corrected chi connectivity index (χ1v) is 3.12. The fourth-order valence-corrected chi connectivity index (χ4v) is 0.705. The molecule has 0 aliphatic heterocycles. The van der Waals surface area contributed by atoms with Crippen LogP contribution in [0.1, 0.15) is 14.7 Å². The largest absolute Gasteiger partial charge is 0.480 e. The van der Waals surface area contributed by atoms with Crippen LogP contribution >= 0.6 is 12.6 Å². The third-order valence-electron chi connectivity index (χ3n) is 0.984. The van der Waals surface area contributed by atoms with Crippen molar-refractivity contribution >= 4 is 18.6 Å². The van der Waals surface area contributed by atoms with E-state index in [0.717, 1.165) is 0 Å². The van der Waals surface area contributed by atoms with E-state index < -0.39 is 11.5 Å². The molecule has 4 heteroatoms. The summed E-state index contributed by atoms with van der Waals surface area (Å²) in [6.45, 7) is -0.303. The van der Waals surface area contributed by atoms with Crippen LogP contribution < -0.4 is 5.73 Å². The Balaban J connectivity index is 4.08. The quantitative estimate of drug-likeness (QED) is 0.500. The molecule has 0 bridgehead atoms. The molecule has 3 nitrogen and oxygen atoms in total. The Morgan fingerprint density at radius 2 is 2.67 bits per heavy atom. The lowest BCUT2D eigenvalue weighted by atomic mass is 10.0. The average molecular weight is 150 g/mol. The van der Waals surface area contributed by atoms with Gasteiger partial charge in [0.1, 0.15) is 5.54 Å². The first-order valence-electron chi connectivity index (χ1n) is 3.20. The summed E-state index contributed by atoms with van der Waals surface area (Å²) < 4.78 is 6.85. The molecule has 0 aliphatic rings. The smallest absolute Gasteiger partial charge is 0.323 e. The molecule has 0 aromatic heterocycles. The Kier molecular flexibility index (Phi) is 2.36. The van der Waals surface area contributed by atoms with Crippen LogP contribution in [0.5, 0.6) is 0 Å². The van der Waals surface area contributed by atoms with Gasteiger partial charge in [0.05, 0.1) is 0 Å². The maximum absolute atomic E-state index is 10.4. The highest BCUT2D eigenvalue weighted by Crippen LogP contribution is 2.05. The summed E-state index contributed by atoms with van der Waals surface area (Å²) in [5, 5.41) is 8.48. The molecule has 1 atom stereocenters. The minimum atomic E-state index is -1.40. The highest BCUT2D eigenvalue weighted by molar-refractivity contribution is 7.80. The van der Waals surface area contributed by atoms with E-state index in [2.05, 4.69) is 12.6 Å². The third kappa shape index (κ3) is 2.72. The summed E-state index contributed by atoms with van der Waals surface area (Å²) in [5.74, 6) is -0.738. The summed E-state index contributed by atoms with van der Waals surface area (Å²) in [5.41, 5.74) is 3.91. The summed E-state index contributed by atoms with van der Waals surface area (Å²) in [7, 11) is 0. The van der Waals surface area contributed by atoms with Gasteiger partial charge in [0.2, 0.25) is 0 Å². The van der Waals surface area contributed by atoms with Crippen LogP contribution in [0.2, 0.25) is 0 Å². The lowest BCUT2D eigenvalue weighted by Crippen LogP contribution is -2.45. The summed E-state index contributed by atoms with van der Waals surface area (Å²) in [4.78, 5) is 10.4. The van der Waals surface area contributed by atoms with Crippen molar-refractivity contribution in [1.29, 1.82) is 0 Å². The second-order valence-electron chi connectivity index (χ2n) is 1.93. The molecule has 3 N–H and O–H groups in total. The van der Waals surface area contributed by atoms with Crippen molar-refractivity contribution in [3.8, 4) is 0 Å². The number of nitrogens with two attached hydrogens (primary N) is 1. The zero-order valence-electron chi connectivity index (χ0n) is 6.00. The van der Waals surface area contributed by atoms with E-state index in [1.165, 1.54) is 0 Å². The number of hydrogen-bond acceptors (Lipinski definition) is 3. The zero-order chi connectivity index (χ0) is 8.20. The predicted molar refractivity (Wildman–Crippen MR) is 38.7 cm³/mol. The predicted octanol–water partition coefficient (Wildman–Crippen LogP) is 0.108. The second kappa shape index (κ2) is 3.08.